The predicted octanol–water partition coefficient (Wildman–Crippen LogP) is 5.00. The van der Waals surface area contributed by atoms with E-state index in [2.05, 4.69) is 52.0 Å². The van der Waals surface area contributed by atoms with Gasteiger partial charge in [-0.3, -0.25) is 0 Å². The average molecular weight is 398 g/mol. The second kappa shape index (κ2) is 17.9. The Bertz CT molecular complexity index is 400. The van der Waals surface area contributed by atoms with Crippen molar-refractivity contribution in [1.82, 2.24) is 0 Å². The Morgan fingerprint density at radius 1 is 0.739 bits per heavy atom. The van der Waals surface area contributed by atoms with Crippen molar-refractivity contribution < 1.29 is 19.5 Å². The SMILES string of the molecule is Cl[SiH](c1ccccc1)c1ccccc1.[CH2-]CCC.[CH2-]CCC.[Zn+2]. The van der Waals surface area contributed by atoms with E-state index in [0.29, 0.717) is 0 Å². The Hall–Kier alpha value is -0.430. The fourth-order valence-corrected chi connectivity index (χ4v) is 3.81. The standard InChI is InChI=1S/C12H11ClSi.2C4H9.Zn/c13-14(11-7-3-1-4-8-11)12-9-5-2-6-10-12;2*1-3-4-2;/h1-10,14H;2*1,3-4H2,2H3;/q;2*-1;+2. The molecule has 0 bridgehead atoms. The molecule has 0 spiro atoms. The largest absolute Gasteiger partial charge is 2.00 e. The summed E-state index contributed by atoms with van der Waals surface area (Å²) in [6, 6.07) is 20.6. The number of hydrogen-bond acceptors (Lipinski definition) is 0. The third-order valence-electron chi connectivity index (χ3n) is 2.89. The van der Waals surface area contributed by atoms with Crippen LogP contribution in [-0.4, -0.2) is 8.11 Å². The molecule has 0 unspecified atom stereocenters. The smallest absolute Gasteiger partial charge is 0.343 e. The zero-order chi connectivity index (χ0) is 16.6. The van der Waals surface area contributed by atoms with Gasteiger partial charge in [0.05, 0.1) is 0 Å². The van der Waals surface area contributed by atoms with Crippen LogP contribution >= 0.6 is 11.1 Å². The van der Waals surface area contributed by atoms with Crippen molar-refractivity contribution in [1.29, 1.82) is 0 Å². The third kappa shape index (κ3) is 12.6. The second-order valence-electron chi connectivity index (χ2n) is 4.89. The third-order valence-corrected chi connectivity index (χ3v) is 6.34. The van der Waals surface area contributed by atoms with Crippen LogP contribution in [0.2, 0.25) is 0 Å². The summed E-state index contributed by atoms with van der Waals surface area (Å²) in [5.74, 6) is 0. The number of hydrogen-bond donors (Lipinski definition) is 0. The summed E-state index contributed by atoms with van der Waals surface area (Å²) in [4.78, 5) is 0. The molecule has 0 nitrogen and oxygen atoms in total. The van der Waals surface area contributed by atoms with Crippen LogP contribution in [0.5, 0.6) is 0 Å². The predicted molar refractivity (Wildman–Crippen MR) is 106 cm³/mol. The Morgan fingerprint density at radius 3 is 1.22 bits per heavy atom. The van der Waals surface area contributed by atoms with E-state index in [1.54, 1.807) is 0 Å². The maximum atomic E-state index is 6.47. The summed E-state index contributed by atoms with van der Waals surface area (Å²) >= 11 is 6.47. The van der Waals surface area contributed by atoms with E-state index in [4.69, 9.17) is 11.1 Å². The average Bonchev–Trinajstić information content (AvgIpc) is 2.63. The van der Waals surface area contributed by atoms with Gasteiger partial charge in [-0.25, -0.2) is 0 Å². The molecular formula is C20H29ClSiZn. The van der Waals surface area contributed by atoms with Crippen LogP contribution in [0.3, 0.4) is 0 Å². The summed E-state index contributed by atoms with van der Waals surface area (Å²) in [6.07, 6.45) is 4.56. The molecule has 0 aromatic heterocycles. The van der Waals surface area contributed by atoms with Crippen molar-refractivity contribution in [2.45, 2.75) is 39.5 Å². The maximum absolute atomic E-state index is 6.47. The monoisotopic (exact) mass is 396 g/mol. The van der Waals surface area contributed by atoms with E-state index >= 15 is 0 Å². The molecular weight excluding hydrogens is 369 g/mol. The van der Waals surface area contributed by atoms with Gasteiger partial charge < -0.3 is 13.8 Å². The van der Waals surface area contributed by atoms with Crippen molar-refractivity contribution in [3.8, 4) is 0 Å². The van der Waals surface area contributed by atoms with Gasteiger partial charge in [0.2, 0.25) is 8.11 Å². The van der Waals surface area contributed by atoms with Crippen LogP contribution in [0.1, 0.15) is 39.5 Å². The van der Waals surface area contributed by atoms with Gasteiger partial charge in [-0.1, -0.05) is 87.4 Å². The Balaban J connectivity index is 0. The molecule has 0 radical (unpaired) electrons. The normalized spacial score (nSPS) is 8.96. The van der Waals surface area contributed by atoms with Crippen LogP contribution in [0.4, 0.5) is 0 Å². The molecule has 2 aromatic carbocycles. The molecule has 0 aliphatic carbocycles. The van der Waals surface area contributed by atoms with Gasteiger partial charge in [0.15, 0.2) is 0 Å². The molecule has 0 saturated heterocycles. The summed E-state index contributed by atoms with van der Waals surface area (Å²) in [6.45, 7) is 11.4. The van der Waals surface area contributed by atoms with Crippen LogP contribution in [0, 0.1) is 13.8 Å². The molecule has 2 rings (SSSR count). The summed E-state index contributed by atoms with van der Waals surface area (Å²) in [5, 5.41) is 2.56. The zero-order valence-electron chi connectivity index (χ0n) is 14.7. The minimum absolute atomic E-state index is 0. The molecule has 0 N–H and O–H groups in total. The van der Waals surface area contributed by atoms with Crippen LogP contribution in [0.25, 0.3) is 0 Å². The number of benzene rings is 2. The fourth-order valence-electron chi connectivity index (χ4n) is 1.44. The molecule has 122 valence electrons. The molecule has 0 saturated carbocycles. The van der Waals surface area contributed by atoms with Crippen molar-refractivity contribution in [3.05, 3.63) is 74.5 Å². The summed E-state index contributed by atoms with van der Waals surface area (Å²) in [7, 11) is -1.45. The number of rotatable bonds is 4. The fraction of sp³-hybridized carbons (Fsp3) is 0.300. The Morgan fingerprint density at radius 2 is 1.00 bits per heavy atom. The first-order valence-corrected chi connectivity index (χ1v) is 10.9. The molecule has 23 heavy (non-hydrogen) atoms. The van der Waals surface area contributed by atoms with E-state index in [1.165, 1.54) is 23.2 Å². The summed E-state index contributed by atoms with van der Waals surface area (Å²) in [5.41, 5.74) is 0. The van der Waals surface area contributed by atoms with Crippen LogP contribution in [-0.2, 0) is 19.5 Å². The van der Waals surface area contributed by atoms with E-state index in [1.807, 2.05) is 36.4 Å². The van der Waals surface area contributed by atoms with Gasteiger partial charge in [0, 0.05) is 0 Å². The maximum Gasteiger partial charge on any atom is 2.00 e. The molecule has 0 aliphatic rings. The molecule has 0 fully saturated rings. The van der Waals surface area contributed by atoms with Gasteiger partial charge in [-0.05, 0) is 10.4 Å². The molecule has 0 aliphatic heterocycles. The zero-order valence-corrected chi connectivity index (χ0v) is 19.6. The first kappa shape index (κ1) is 24.8. The van der Waals surface area contributed by atoms with E-state index in [0.717, 1.165) is 12.8 Å². The van der Waals surface area contributed by atoms with Crippen molar-refractivity contribution in [2.24, 2.45) is 0 Å². The minimum atomic E-state index is -1.45. The van der Waals surface area contributed by atoms with Gasteiger partial charge in [-0.15, -0.1) is 0 Å². The van der Waals surface area contributed by atoms with Crippen molar-refractivity contribution >= 4 is 29.6 Å². The molecule has 0 heterocycles. The van der Waals surface area contributed by atoms with Crippen LogP contribution in [0.15, 0.2) is 60.7 Å². The Labute approximate surface area is 162 Å². The van der Waals surface area contributed by atoms with Crippen LogP contribution < -0.4 is 10.4 Å². The molecule has 2 aromatic rings. The van der Waals surface area contributed by atoms with Gasteiger partial charge >= 0.3 is 19.5 Å². The summed E-state index contributed by atoms with van der Waals surface area (Å²) < 4.78 is 0. The minimum Gasteiger partial charge on any atom is -0.343 e. The van der Waals surface area contributed by atoms with Crippen molar-refractivity contribution in [3.63, 3.8) is 0 Å². The number of unbranched alkanes of at least 4 members (excludes halogenated alkanes) is 2. The van der Waals surface area contributed by atoms with E-state index < -0.39 is 8.11 Å². The van der Waals surface area contributed by atoms with E-state index in [-0.39, 0.29) is 19.5 Å². The molecule has 3 heteroatoms. The first-order chi connectivity index (χ1) is 10.7. The molecule has 0 amide bonds. The second-order valence-corrected chi connectivity index (χ2v) is 8.26. The quantitative estimate of drug-likeness (QED) is 0.386. The topological polar surface area (TPSA) is 0 Å². The molecule has 0 atom stereocenters. The first-order valence-electron chi connectivity index (χ1n) is 8.03. The van der Waals surface area contributed by atoms with E-state index in [9.17, 15) is 0 Å². The Kier molecular flexibility index (Phi) is 19.3. The van der Waals surface area contributed by atoms with Gasteiger partial charge in [-0.2, -0.15) is 23.9 Å². The van der Waals surface area contributed by atoms with Crippen molar-refractivity contribution in [2.75, 3.05) is 0 Å². The van der Waals surface area contributed by atoms with Gasteiger partial charge in [0.25, 0.3) is 0 Å². The number of halogens is 1. The van der Waals surface area contributed by atoms with Gasteiger partial charge in [0.1, 0.15) is 0 Å².